The molecule has 0 amide bonds. The monoisotopic (exact) mass is 405 g/mol. The highest BCUT2D eigenvalue weighted by molar-refractivity contribution is 6.07. The molecule has 0 bridgehead atoms. The van der Waals surface area contributed by atoms with Crippen LogP contribution in [0, 0.1) is 0 Å². The van der Waals surface area contributed by atoms with Gasteiger partial charge in [-0.25, -0.2) is 14.7 Å². The third-order valence-corrected chi connectivity index (χ3v) is 5.79. The lowest BCUT2D eigenvalue weighted by molar-refractivity contribution is 0.0905. The summed E-state index contributed by atoms with van der Waals surface area (Å²) in [5, 5.41) is 9.26. The molecule has 2 aliphatic rings. The highest BCUT2D eigenvalue weighted by Gasteiger charge is 2.26. The molecule has 2 aromatic heterocycles. The Morgan fingerprint density at radius 3 is 2.77 bits per heavy atom. The minimum atomic E-state index is 0.118. The minimum absolute atomic E-state index is 0.118. The molecule has 0 radical (unpaired) electrons. The zero-order valence-corrected chi connectivity index (χ0v) is 17.3. The zero-order chi connectivity index (χ0) is 20.3. The summed E-state index contributed by atoms with van der Waals surface area (Å²) in [6.45, 7) is 5.01. The van der Waals surface area contributed by atoms with E-state index in [4.69, 9.17) is 19.5 Å². The van der Waals surface area contributed by atoms with E-state index in [1.54, 1.807) is 0 Å². The van der Waals surface area contributed by atoms with Gasteiger partial charge in [-0.3, -0.25) is 0 Å². The number of hydrogen-bond donors (Lipinski definition) is 1. The molecule has 0 unspecified atom stereocenters. The van der Waals surface area contributed by atoms with E-state index in [0.29, 0.717) is 18.5 Å². The standard InChI is InChI=1S/C23H27N5O2/c1-2-28-22-19(14-25-28)21(26-17-8-10-29-11-9-17)20(13-24-22)23-27-18(15-30-23)12-16-6-4-3-5-7-16/h3-7,13-14,17-18H,2,8-12,15H2,1H3,(H,24,26)/t18-/m0/s1. The molecule has 1 saturated heterocycles. The van der Waals surface area contributed by atoms with Crippen molar-refractivity contribution in [2.45, 2.75) is 44.8 Å². The fourth-order valence-corrected chi connectivity index (χ4v) is 4.18. The molecule has 1 N–H and O–H groups in total. The summed E-state index contributed by atoms with van der Waals surface area (Å²) in [7, 11) is 0. The molecule has 5 rings (SSSR count). The predicted octanol–water partition coefficient (Wildman–Crippen LogP) is 3.43. The number of ether oxygens (including phenoxy) is 2. The number of nitrogens with zero attached hydrogens (tertiary/aromatic N) is 4. The van der Waals surface area contributed by atoms with Crippen LogP contribution < -0.4 is 5.32 Å². The SMILES string of the molecule is CCn1ncc2c(NC3CCOCC3)c(C3=N[C@@H](Cc4ccccc4)CO3)cnc21. The lowest BCUT2D eigenvalue weighted by Gasteiger charge is -2.25. The van der Waals surface area contributed by atoms with Crippen molar-refractivity contribution in [3.05, 3.63) is 53.9 Å². The van der Waals surface area contributed by atoms with E-state index in [2.05, 4.69) is 41.6 Å². The lowest BCUT2D eigenvalue weighted by Crippen LogP contribution is -2.28. The Balaban J connectivity index is 1.48. The first kappa shape index (κ1) is 19.1. The van der Waals surface area contributed by atoms with E-state index in [1.165, 1.54) is 5.56 Å². The van der Waals surface area contributed by atoms with Gasteiger partial charge in [0.1, 0.15) is 6.61 Å². The first-order chi connectivity index (χ1) is 14.8. The topological polar surface area (TPSA) is 73.6 Å². The van der Waals surface area contributed by atoms with Crippen molar-refractivity contribution < 1.29 is 9.47 Å². The maximum atomic E-state index is 6.05. The van der Waals surface area contributed by atoms with Gasteiger partial charge >= 0.3 is 0 Å². The Labute approximate surface area is 176 Å². The maximum absolute atomic E-state index is 6.05. The van der Waals surface area contributed by atoms with Crippen molar-refractivity contribution in [2.24, 2.45) is 4.99 Å². The molecule has 7 nitrogen and oxygen atoms in total. The summed E-state index contributed by atoms with van der Waals surface area (Å²) in [6.07, 6.45) is 6.61. The summed E-state index contributed by atoms with van der Waals surface area (Å²) in [6, 6.07) is 10.9. The van der Waals surface area contributed by atoms with Gasteiger partial charge < -0.3 is 14.8 Å². The summed E-state index contributed by atoms with van der Waals surface area (Å²) in [4.78, 5) is 9.60. The molecule has 0 spiro atoms. The minimum Gasteiger partial charge on any atom is -0.475 e. The number of benzene rings is 1. The van der Waals surface area contributed by atoms with Crippen LogP contribution in [0.2, 0.25) is 0 Å². The van der Waals surface area contributed by atoms with E-state index in [1.807, 2.05) is 23.1 Å². The van der Waals surface area contributed by atoms with Gasteiger partial charge in [-0.05, 0) is 31.7 Å². The van der Waals surface area contributed by atoms with Crippen LogP contribution in [-0.4, -0.2) is 52.6 Å². The van der Waals surface area contributed by atoms with E-state index >= 15 is 0 Å². The lowest BCUT2D eigenvalue weighted by atomic mass is 10.1. The molecule has 156 valence electrons. The molecule has 4 heterocycles. The molecule has 1 fully saturated rings. The van der Waals surface area contributed by atoms with Gasteiger partial charge in [-0.15, -0.1) is 0 Å². The molecular weight excluding hydrogens is 378 g/mol. The molecule has 1 aromatic carbocycles. The molecule has 30 heavy (non-hydrogen) atoms. The average Bonchev–Trinajstić information content (AvgIpc) is 3.42. The van der Waals surface area contributed by atoms with Gasteiger partial charge in [0.2, 0.25) is 5.90 Å². The highest BCUT2D eigenvalue weighted by Crippen LogP contribution is 2.30. The molecule has 3 aromatic rings. The quantitative estimate of drug-likeness (QED) is 0.680. The largest absolute Gasteiger partial charge is 0.475 e. The van der Waals surface area contributed by atoms with E-state index in [-0.39, 0.29) is 6.04 Å². The van der Waals surface area contributed by atoms with Crippen LogP contribution >= 0.6 is 0 Å². The Hall–Kier alpha value is -2.93. The number of nitrogens with one attached hydrogen (secondary N) is 1. The predicted molar refractivity (Wildman–Crippen MR) is 117 cm³/mol. The number of anilines is 1. The maximum Gasteiger partial charge on any atom is 0.220 e. The Morgan fingerprint density at radius 1 is 1.13 bits per heavy atom. The van der Waals surface area contributed by atoms with Gasteiger partial charge in [0.15, 0.2) is 5.65 Å². The van der Waals surface area contributed by atoms with Crippen LogP contribution in [0.15, 0.2) is 47.7 Å². The molecular formula is C23H27N5O2. The van der Waals surface area contributed by atoms with Crippen LogP contribution in [0.3, 0.4) is 0 Å². The third-order valence-electron chi connectivity index (χ3n) is 5.79. The summed E-state index contributed by atoms with van der Waals surface area (Å²) in [5.41, 5.74) is 4.09. The fourth-order valence-electron chi connectivity index (χ4n) is 4.18. The number of aromatic nitrogens is 3. The number of fused-ring (bicyclic) bond motifs is 1. The third kappa shape index (κ3) is 3.77. The van der Waals surface area contributed by atoms with Gasteiger partial charge in [0.25, 0.3) is 0 Å². The summed E-state index contributed by atoms with van der Waals surface area (Å²) < 4.78 is 13.5. The average molecular weight is 406 g/mol. The molecule has 2 aliphatic heterocycles. The van der Waals surface area contributed by atoms with Gasteiger partial charge in [0.05, 0.1) is 28.9 Å². The Morgan fingerprint density at radius 2 is 1.97 bits per heavy atom. The zero-order valence-electron chi connectivity index (χ0n) is 17.3. The van der Waals surface area contributed by atoms with Crippen molar-refractivity contribution in [1.82, 2.24) is 14.8 Å². The highest BCUT2D eigenvalue weighted by atomic mass is 16.5. The van der Waals surface area contributed by atoms with Gasteiger partial charge in [-0.1, -0.05) is 30.3 Å². The first-order valence-electron chi connectivity index (χ1n) is 10.8. The van der Waals surface area contributed by atoms with Crippen LogP contribution in [-0.2, 0) is 22.4 Å². The second kappa shape index (κ2) is 8.44. The first-order valence-corrected chi connectivity index (χ1v) is 10.8. The number of hydrogen-bond acceptors (Lipinski definition) is 6. The summed E-state index contributed by atoms with van der Waals surface area (Å²) >= 11 is 0. The van der Waals surface area contributed by atoms with Crippen LogP contribution in [0.4, 0.5) is 5.69 Å². The van der Waals surface area contributed by atoms with Crippen LogP contribution in [0.25, 0.3) is 11.0 Å². The number of pyridine rings is 1. The van der Waals surface area contributed by atoms with Crippen molar-refractivity contribution in [3.63, 3.8) is 0 Å². The fraction of sp³-hybridized carbons (Fsp3) is 0.435. The summed E-state index contributed by atoms with van der Waals surface area (Å²) in [5.74, 6) is 0.670. The van der Waals surface area contributed by atoms with E-state index < -0.39 is 0 Å². The van der Waals surface area contributed by atoms with Crippen molar-refractivity contribution in [1.29, 1.82) is 0 Å². The normalized spacial score (nSPS) is 19.6. The van der Waals surface area contributed by atoms with E-state index in [0.717, 1.165) is 61.3 Å². The second-order valence-corrected chi connectivity index (χ2v) is 7.86. The molecule has 1 atom stereocenters. The van der Waals surface area contributed by atoms with Crippen molar-refractivity contribution in [2.75, 3.05) is 25.1 Å². The Bertz CT molecular complexity index is 1040. The number of aliphatic imine (C=N–C) groups is 1. The molecule has 0 saturated carbocycles. The van der Waals surface area contributed by atoms with Crippen molar-refractivity contribution >= 4 is 22.6 Å². The Kier molecular flexibility index (Phi) is 5.36. The van der Waals surface area contributed by atoms with E-state index in [9.17, 15) is 0 Å². The smallest absolute Gasteiger partial charge is 0.220 e. The van der Waals surface area contributed by atoms with Crippen LogP contribution in [0.5, 0.6) is 0 Å². The molecule has 7 heteroatoms. The van der Waals surface area contributed by atoms with Crippen LogP contribution in [0.1, 0.15) is 30.9 Å². The second-order valence-electron chi connectivity index (χ2n) is 7.86. The molecule has 0 aliphatic carbocycles. The van der Waals surface area contributed by atoms with Gasteiger partial charge in [-0.2, -0.15) is 5.10 Å². The van der Waals surface area contributed by atoms with Gasteiger partial charge in [0, 0.05) is 32.0 Å². The number of rotatable bonds is 6. The number of aryl methyl sites for hydroxylation is 1. The van der Waals surface area contributed by atoms with Crippen molar-refractivity contribution in [3.8, 4) is 0 Å².